The van der Waals surface area contributed by atoms with Crippen molar-refractivity contribution in [2.75, 3.05) is 16.8 Å². The minimum absolute atomic E-state index is 0. The Balaban J connectivity index is 0.00000306. The van der Waals surface area contributed by atoms with Gasteiger partial charge in [0, 0.05) is 29.7 Å². The molecule has 2 aromatic heterocycles. The van der Waals surface area contributed by atoms with Crippen LogP contribution in [0, 0.1) is 6.92 Å². The number of benzene rings is 1. The zero-order valence-electron chi connectivity index (χ0n) is 17.4. The zero-order chi connectivity index (χ0) is 23.2. The number of fused-ring (bicyclic) bond motifs is 1. The summed E-state index contributed by atoms with van der Waals surface area (Å²) in [7, 11) is 0. The summed E-state index contributed by atoms with van der Waals surface area (Å²) in [5.41, 5.74) is 0.577. The number of rotatable bonds is 3. The van der Waals surface area contributed by atoms with Crippen molar-refractivity contribution in [3.05, 3.63) is 70.3 Å². The van der Waals surface area contributed by atoms with Crippen molar-refractivity contribution in [1.29, 1.82) is 0 Å². The number of carbonyl (C=O) groups excluding carboxylic acids is 2. The summed E-state index contributed by atoms with van der Waals surface area (Å²) in [4.78, 5) is 31.3. The number of carbonyl (C=O) groups is 2. The van der Waals surface area contributed by atoms with Gasteiger partial charge in [-0.3, -0.25) is 19.3 Å². The molecule has 0 fully saturated rings. The maximum absolute atomic E-state index is 13.2. The fraction of sp³-hybridized carbons (Fsp3) is 0.238. The quantitative estimate of drug-likeness (QED) is 0.561. The lowest BCUT2D eigenvalue weighted by Crippen LogP contribution is -2.43. The number of aromatic nitrogens is 3. The van der Waals surface area contributed by atoms with Gasteiger partial charge in [0.25, 0.3) is 11.8 Å². The first-order valence-corrected chi connectivity index (χ1v) is 9.94. The number of anilines is 2. The Hall–Kier alpha value is -3.05. The lowest BCUT2D eigenvalue weighted by atomic mass is 10.1. The van der Waals surface area contributed by atoms with Crippen LogP contribution >= 0.6 is 25.1 Å². The van der Waals surface area contributed by atoms with Crippen molar-refractivity contribution in [2.45, 2.75) is 26.1 Å². The summed E-state index contributed by atoms with van der Waals surface area (Å²) in [5.74, 6) is -0.959. The van der Waals surface area contributed by atoms with Gasteiger partial charge in [0.15, 0.2) is 5.69 Å². The number of nitrogens with one attached hydrogen (secondary N) is 1. The molecule has 2 amide bonds. The molecular weight excluding hydrogens is 479 g/mol. The van der Waals surface area contributed by atoms with E-state index in [1.165, 1.54) is 28.0 Å². The van der Waals surface area contributed by atoms with Crippen LogP contribution in [0.1, 0.15) is 45.1 Å². The minimum atomic E-state index is -4.60. The molecule has 12 heteroatoms. The summed E-state index contributed by atoms with van der Waals surface area (Å²) in [6, 6.07) is 6.00. The van der Waals surface area contributed by atoms with E-state index in [0.29, 0.717) is 11.3 Å². The van der Waals surface area contributed by atoms with Gasteiger partial charge in [0.05, 0.1) is 28.5 Å². The van der Waals surface area contributed by atoms with E-state index < -0.39 is 28.6 Å². The Labute approximate surface area is 199 Å². The first-order valence-electron chi connectivity index (χ1n) is 9.56. The highest BCUT2D eigenvalue weighted by atomic mass is 35.5. The summed E-state index contributed by atoms with van der Waals surface area (Å²) in [5, 5.41) is 6.39. The number of nitrogens with zero attached hydrogens (tertiary/aromatic N) is 4. The van der Waals surface area contributed by atoms with Crippen LogP contribution in [-0.2, 0) is 6.18 Å². The van der Waals surface area contributed by atoms with E-state index in [1.807, 2.05) is 0 Å². The number of hydrogen-bond acceptors (Lipinski definition) is 4. The molecular formula is C21H19ClF3N5O2S. The molecule has 0 saturated carbocycles. The fourth-order valence-corrected chi connectivity index (χ4v) is 3.84. The van der Waals surface area contributed by atoms with Crippen LogP contribution in [0.5, 0.6) is 0 Å². The zero-order valence-corrected chi connectivity index (χ0v) is 19.2. The van der Waals surface area contributed by atoms with Gasteiger partial charge in [0.2, 0.25) is 0 Å². The molecule has 0 aliphatic carbocycles. The average Bonchev–Trinajstić information content (AvgIpc) is 3.14. The Morgan fingerprint density at radius 2 is 1.97 bits per heavy atom. The molecule has 1 N–H and O–H groups in total. The largest absolute Gasteiger partial charge is 0.417 e. The van der Waals surface area contributed by atoms with E-state index in [9.17, 15) is 22.8 Å². The minimum Gasteiger partial charge on any atom is -0.319 e. The summed E-state index contributed by atoms with van der Waals surface area (Å²) >= 11 is 5.84. The second kappa shape index (κ2) is 9.06. The predicted octanol–water partition coefficient (Wildman–Crippen LogP) is 4.85. The average molecular weight is 498 g/mol. The standard InChI is InChI=1S/C21H17ClF3N5O2.H2S/c1-11-7-13(5-6-26-11)19(31)28-17-9-27-30-12(2)10-29(20(32)18(17)30)14-3-4-15(16(22)8-14)21(23,24)25;/h3-9,12H,10H2,1-2H3,(H,28,31);1H2/t12-;/m0./s1. The lowest BCUT2D eigenvalue weighted by molar-refractivity contribution is -0.137. The van der Waals surface area contributed by atoms with Gasteiger partial charge >= 0.3 is 6.18 Å². The molecule has 3 aromatic rings. The highest BCUT2D eigenvalue weighted by Gasteiger charge is 2.36. The third-order valence-electron chi connectivity index (χ3n) is 5.08. The molecule has 3 heterocycles. The van der Waals surface area contributed by atoms with E-state index in [-0.39, 0.29) is 43.2 Å². The normalized spacial score (nSPS) is 15.6. The van der Waals surface area contributed by atoms with Gasteiger partial charge in [-0.05, 0) is 44.2 Å². The van der Waals surface area contributed by atoms with Crippen LogP contribution in [0.15, 0.2) is 42.7 Å². The van der Waals surface area contributed by atoms with E-state index in [2.05, 4.69) is 15.4 Å². The number of amides is 2. The van der Waals surface area contributed by atoms with Crippen LogP contribution in [0.3, 0.4) is 0 Å². The van der Waals surface area contributed by atoms with Gasteiger partial charge in [-0.15, -0.1) is 0 Å². The molecule has 1 aliphatic heterocycles. The van der Waals surface area contributed by atoms with E-state index >= 15 is 0 Å². The van der Waals surface area contributed by atoms with E-state index in [4.69, 9.17) is 11.6 Å². The summed E-state index contributed by atoms with van der Waals surface area (Å²) in [6.07, 6.45) is -1.73. The highest BCUT2D eigenvalue weighted by Crippen LogP contribution is 2.38. The number of hydrogen-bond donors (Lipinski definition) is 1. The summed E-state index contributed by atoms with van der Waals surface area (Å²) < 4.78 is 40.6. The molecule has 0 radical (unpaired) electrons. The number of aryl methyl sites for hydroxylation is 1. The van der Waals surface area contributed by atoms with Gasteiger partial charge in [-0.2, -0.15) is 31.8 Å². The number of halogens is 4. The van der Waals surface area contributed by atoms with Crippen LogP contribution in [0.25, 0.3) is 0 Å². The smallest absolute Gasteiger partial charge is 0.319 e. The molecule has 4 rings (SSSR count). The summed E-state index contributed by atoms with van der Waals surface area (Å²) in [6.45, 7) is 3.72. The van der Waals surface area contributed by atoms with Crippen molar-refractivity contribution in [3.8, 4) is 0 Å². The fourth-order valence-electron chi connectivity index (χ4n) is 3.56. The van der Waals surface area contributed by atoms with E-state index in [1.54, 1.807) is 26.0 Å². The lowest BCUT2D eigenvalue weighted by Gasteiger charge is -2.32. The molecule has 33 heavy (non-hydrogen) atoms. The third-order valence-corrected chi connectivity index (χ3v) is 5.40. The molecule has 0 bridgehead atoms. The molecule has 1 aliphatic rings. The third kappa shape index (κ3) is 4.69. The van der Waals surface area contributed by atoms with Crippen LogP contribution in [0.2, 0.25) is 5.02 Å². The molecule has 0 unspecified atom stereocenters. The second-order valence-corrected chi connectivity index (χ2v) is 7.83. The molecule has 0 spiro atoms. The number of pyridine rings is 1. The topological polar surface area (TPSA) is 80.1 Å². The first kappa shape index (κ1) is 24.6. The SMILES string of the molecule is Cc1cc(C(=O)Nc2cnn3c2C(=O)N(c2ccc(C(F)(F)F)c(Cl)c2)C[C@@H]3C)ccn1.S. The monoisotopic (exact) mass is 497 g/mol. The first-order chi connectivity index (χ1) is 15.1. The molecule has 1 atom stereocenters. The Morgan fingerprint density at radius 3 is 2.61 bits per heavy atom. The molecule has 1 aromatic carbocycles. The Kier molecular flexibility index (Phi) is 6.75. The van der Waals surface area contributed by atoms with Crippen molar-refractivity contribution in [1.82, 2.24) is 14.8 Å². The predicted molar refractivity (Wildman–Crippen MR) is 122 cm³/mol. The Bertz CT molecular complexity index is 1230. The van der Waals surface area contributed by atoms with E-state index in [0.717, 1.165) is 12.1 Å². The van der Waals surface area contributed by atoms with Crippen molar-refractivity contribution in [2.24, 2.45) is 0 Å². The maximum atomic E-state index is 13.2. The van der Waals surface area contributed by atoms with Crippen LogP contribution < -0.4 is 10.2 Å². The Morgan fingerprint density at radius 1 is 1.24 bits per heavy atom. The highest BCUT2D eigenvalue weighted by molar-refractivity contribution is 7.59. The van der Waals surface area contributed by atoms with Gasteiger partial charge < -0.3 is 10.2 Å². The number of alkyl halides is 3. The van der Waals surface area contributed by atoms with Gasteiger partial charge in [0.1, 0.15) is 0 Å². The van der Waals surface area contributed by atoms with Crippen LogP contribution in [0.4, 0.5) is 24.5 Å². The van der Waals surface area contributed by atoms with Crippen molar-refractivity contribution in [3.63, 3.8) is 0 Å². The molecule has 174 valence electrons. The van der Waals surface area contributed by atoms with Crippen LogP contribution in [-0.4, -0.2) is 33.1 Å². The second-order valence-electron chi connectivity index (χ2n) is 7.42. The maximum Gasteiger partial charge on any atom is 0.417 e. The van der Waals surface area contributed by atoms with Crippen molar-refractivity contribution < 1.29 is 22.8 Å². The molecule has 0 saturated heterocycles. The van der Waals surface area contributed by atoms with Crippen molar-refractivity contribution >= 4 is 48.3 Å². The molecule has 7 nitrogen and oxygen atoms in total. The van der Waals surface area contributed by atoms with Gasteiger partial charge in [-0.1, -0.05) is 11.6 Å². The van der Waals surface area contributed by atoms with Gasteiger partial charge in [-0.25, -0.2) is 0 Å².